The van der Waals surface area contributed by atoms with Crippen molar-refractivity contribution in [3.63, 3.8) is 0 Å². The van der Waals surface area contributed by atoms with Crippen LogP contribution in [0.15, 0.2) is 12.3 Å². The predicted molar refractivity (Wildman–Crippen MR) is 63.2 cm³/mol. The topological polar surface area (TPSA) is 54.8 Å². The van der Waals surface area contributed by atoms with Crippen LogP contribution in [0.3, 0.4) is 0 Å². The van der Waals surface area contributed by atoms with E-state index in [9.17, 15) is 0 Å². The second-order valence-corrected chi connectivity index (χ2v) is 4.24. The van der Waals surface area contributed by atoms with Gasteiger partial charge in [-0.05, 0) is 0 Å². The zero-order chi connectivity index (χ0) is 12.3. The van der Waals surface area contributed by atoms with Crippen LogP contribution in [-0.2, 0) is 6.54 Å². The number of rotatable bonds is 5. The minimum absolute atomic E-state index is 0.263. The highest BCUT2D eigenvalue weighted by molar-refractivity contribution is 5.42. The summed E-state index contributed by atoms with van der Waals surface area (Å²) in [5.74, 6) is 1.81. The van der Waals surface area contributed by atoms with Gasteiger partial charge in [-0.15, -0.1) is 0 Å². The highest BCUT2D eigenvalue weighted by atomic mass is 16.5. The van der Waals surface area contributed by atoms with Crippen LogP contribution in [0.5, 0.6) is 11.5 Å². The summed E-state index contributed by atoms with van der Waals surface area (Å²) in [4.78, 5) is 6.55. The molecule has 0 saturated carbocycles. The van der Waals surface area contributed by atoms with E-state index in [1.54, 1.807) is 26.5 Å². The van der Waals surface area contributed by atoms with Gasteiger partial charge in [-0.2, -0.15) is 0 Å². The fourth-order valence-electron chi connectivity index (χ4n) is 2.10. The first-order valence-corrected chi connectivity index (χ1v) is 5.67. The molecule has 0 spiro atoms. The van der Waals surface area contributed by atoms with Gasteiger partial charge in [0.15, 0.2) is 11.5 Å². The van der Waals surface area contributed by atoms with Crippen molar-refractivity contribution >= 4 is 0 Å². The minimum Gasteiger partial charge on any atom is -0.493 e. The van der Waals surface area contributed by atoms with E-state index in [1.165, 1.54) is 0 Å². The molecule has 1 fully saturated rings. The number of hydrogen-bond donors (Lipinski definition) is 1. The van der Waals surface area contributed by atoms with E-state index >= 15 is 0 Å². The Morgan fingerprint density at radius 1 is 1.41 bits per heavy atom. The highest BCUT2D eigenvalue weighted by Gasteiger charge is 2.27. The molecule has 17 heavy (non-hydrogen) atoms. The van der Waals surface area contributed by atoms with E-state index in [2.05, 4.69) is 9.88 Å². The molecule has 5 heteroatoms. The van der Waals surface area contributed by atoms with Gasteiger partial charge in [-0.3, -0.25) is 9.88 Å². The van der Waals surface area contributed by atoms with Crippen molar-refractivity contribution in [2.45, 2.75) is 6.54 Å². The SMILES string of the molecule is COc1ccnc(CN2CC(CO)C2)c1OC. The van der Waals surface area contributed by atoms with Gasteiger partial charge in [-0.1, -0.05) is 0 Å². The lowest BCUT2D eigenvalue weighted by molar-refractivity contribution is 0.0463. The van der Waals surface area contributed by atoms with Gasteiger partial charge >= 0.3 is 0 Å². The summed E-state index contributed by atoms with van der Waals surface area (Å²) in [7, 11) is 3.24. The van der Waals surface area contributed by atoms with Gasteiger partial charge in [0, 0.05) is 44.4 Å². The van der Waals surface area contributed by atoms with Gasteiger partial charge in [0.05, 0.1) is 14.2 Å². The predicted octanol–water partition coefficient (Wildman–Crippen LogP) is 0.523. The van der Waals surface area contributed by atoms with Crippen molar-refractivity contribution in [1.82, 2.24) is 9.88 Å². The largest absolute Gasteiger partial charge is 0.493 e. The van der Waals surface area contributed by atoms with Gasteiger partial charge < -0.3 is 14.6 Å². The molecule has 94 valence electrons. The molecule has 1 aromatic rings. The lowest BCUT2D eigenvalue weighted by atomic mass is 10.0. The molecule has 2 rings (SSSR count). The van der Waals surface area contributed by atoms with Crippen LogP contribution in [0, 0.1) is 5.92 Å². The molecule has 0 aliphatic carbocycles. The molecule has 0 atom stereocenters. The van der Waals surface area contributed by atoms with Crippen LogP contribution >= 0.6 is 0 Å². The van der Waals surface area contributed by atoms with E-state index in [-0.39, 0.29) is 6.61 Å². The zero-order valence-electron chi connectivity index (χ0n) is 10.2. The number of ether oxygens (including phenoxy) is 2. The van der Waals surface area contributed by atoms with E-state index in [0.717, 1.165) is 25.3 Å². The molecule has 1 N–H and O–H groups in total. The zero-order valence-corrected chi connectivity index (χ0v) is 10.2. The quantitative estimate of drug-likeness (QED) is 0.810. The Bertz CT molecular complexity index is 378. The highest BCUT2D eigenvalue weighted by Crippen LogP contribution is 2.31. The number of likely N-dealkylation sites (tertiary alicyclic amines) is 1. The van der Waals surface area contributed by atoms with Crippen LogP contribution in [0.1, 0.15) is 5.69 Å². The van der Waals surface area contributed by atoms with Crippen LogP contribution in [0.25, 0.3) is 0 Å². The maximum absolute atomic E-state index is 8.97. The number of hydrogen-bond acceptors (Lipinski definition) is 5. The molecule has 0 unspecified atom stereocenters. The average Bonchev–Trinajstić information content (AvgIpc) is 2.32. The maximum Gasteiger partial charge on any atom is 0.183 e. The number of aliphatic hydroxyl groups excluding tert-OH is 1. The smallest absolute Gasteiger partial charge is 0.183 e. The lowest BCUT2D eigenvalue weighted by Gasteiger charge is -2.38. The monoisotopic (exact) mass is 238 g/mol. The molecular formula is C12H18N2O3. The first-order chi connectivity index (χ1) is 8.28. The Morgan fingerprint density at radius 2 is 2.18 bits per heavy atom. The van der Waals surface area contributed by atoms with E-state index in [4.69, 9.17) is 14.6 Å². The summed E-state index contributed by atoms with van der Waals surface area (Å²) >= 11 is 0. The number of methoxy groups -OCH3 is 2. The molecule has 1 aliphatic rings. The lowest BCUT2D eigenvalue weighted by Crippen LogP contribution is -2.47. The van der Waals surface area contributed by atoms with Crippen LogP contribution in [-0.4, -0.2) is 48.9 Å². The fourth-order valence-corrected chi connectivity index (χ4v) is 2.10. The summed E-state index contributed by atoms with van der Waals surface area (Å²) in [5.41, 5.74) is 0.878. The first kappa shape index (κ1) is 12.1. The summed E-state index contributed by atoms with van der Waals surface area (Å²) < 4.78 is 10.6. The Morgan fingerprint density at radius 3 is 2.76 bits per heavy atom. The van der Waals surface area contributed by atoms with Crippen molar-refractivity contribution in [3.05, 3.63) is 18.0 Å². The third-order valence-electron chi connectivity index (χ3n) is 3.03. The molecule has 0 amide bonds. The van der Waals surface area contributed by atoms with Crippen LogP contribution in [0.4, 0.5) is 0 Å². The Labute approximate surface area is 101 Å². The van der Waals surface area contributed by atoms with Crippen molar-refractivity contribution in [2.24, 2.45) is 5.92 Å². The van der Waals surface area contributed by atoms with Gasteiger partial charge in [0.25, 0.3) is 0 Å². The molecule has 0 radical (unpaired) electrons. The Kier molecular flexibility index (Phi) is 3.81. The standard InChI is InChI=1S/C12H18N2O3/c1-16-11-3-4-13-10(12(11)17-2)7-14-5-9(6-14)8-15/h3-4,9,15H,5-8H2,1-2H3. The summed E-state index contributed by atoms with van der Waals surface area (Å²) in [6.07, 6.45) is 1.72. The van der Waals surface area contributed by atoms with Crippen LogP contribution < -0.4 is 9.47 Å². The van der Waals surface area contributed by atoms with Crippen molar-refractivity contribution in [3.8, 4) is 11.5 Å². The minimum atomic E-state index is 0.263. The summed E-state index contributed by atoms with van der Waals surface area (Å²) in [5, 5.41) is 8.97. The first-order valence-electron chi connectivity index (χ1n) is 5.67. The average molecular weight is 238 g/mol. The summed E-state index contributed by atoms with van der Waals surface area (Å²) in [6, 6.07) is 1.79. The summed E-state index contributed by atoms with van der Waals surface area (Å²) in [6.45, 7) is 2.83. The van der Waals surface area contributed by atoms with E-state index in [0.29, 0.717) is 17.4 Å². The molecule has 5 nitrogen and oxygen atoms in total. The fraction of sp³-hybridized carbons (Fsp3) is 0.583. The van der Waals surface area contributed by atoms with E-state index < -0.39 is 0 Å². The van der Waals surface area contributed by atoms with Crippen LogP contribution in [0.2, 0.25) is 0 Å². The van der Waals surface area contributed by atoms with Gasteiger partial charge in [-0.25, -0.2) is 0 Å². The second-order valence-electron chi connectivity index (χ2n) is 4.24. The molecule has 0 bridgehead atoms. The van der Waals surface area contributed by atoms with Gasteiger partial charge in [0.1, 0.15) is 5.69 Å². The molecule has 1 aliphatic heterocycles. The van der Waals surface area contributed by atoms with E-state index in [1.807, 2.05) is 0 Å². The normalized spacial score (nSPS) is 16.6. The molecule has 1 saturated heterocycles. The molecular weight excluding hydrogens is 220 g/mol. The van der Waals surface area contributed by atoms with Gasteiger partial charge in [0.2, 0.25) is 0 Å². The number of pyridine rings is 1. The number of aliphatic hydroxyl groups is 1. The Balaban J connectivity index is 2.05. The number of nitrogens with zero attached hydrogens (tertiary/aromatic N) is 2. The third-order valence-corrected chi connectivity index (χ3v) is 3.03. The molecule has 1 aromatic heterocycles. The number of aromatic nitrogens is 1. The van der Waals surface area contributed by atoms with Crippen molar-refractivity contribution in [2.75, 3.05) is 33.9 Å². The molecule has 2 heterocycles. The van der Waals surface area contributed by atoms with Crippen molar-refractivity contribution in [1.29, 1.82) is 0 Å². The molecule has 0 aromatic carbocycles. The van der Waals surface area contributed by atoms with Crippen molar-refractivity contribution < 1.29 is 14.6 Å². The second kappa shape index (κ2) is 5.33. The Hall–Kier alpha value is -1.33. The third kappa shape index (κ3) is 2.50. The maximum atomic E-state index is 8.97.